The number of alkyl carbamates (subject to hydrolysis) is 1. The van der Waals surface area contributed by atoms with E-state index < -0.39 is 33.8 Å². The minimum Gasteiger partial charge on any atom is -0.494 e. The second kappa shape index (κ2) is 25.5. The van der Waals surface area contributed by atoms with Gasteiger partial charge in [0, 0.05) is 17.7 Å². The summed E-state index contributed by atoms with van der Waals surface area (Å²) >= 11 is 0. The van der Waals surface area contributed by atoms with E-state index in [1.54, 1.807) is 45.0 Å². The normalized spacial score (nSPS) is 13.9. The maximum atomic E-state index is 12.4. The summed E-state index contributed by atoms with van der Waals surface area (Å²) in [5, 5.41) is 2.46. The van der Waals surface area contributed by atoms with E-state index >= 15 is 0 Å². The van der Waals surface area contributed by atoms with E-state index in [2.05, 4.69) is 24.2 Å². The highest BCUT2D eigenvalue weighted by atomic mass is 32.2. The lowest BCUT2D eigenvalue weighted by molar-refractivity contribution is -0.143. The molecule has 1 heterocycles. The number of unbranched alkanes of at least 4 members (excludes halogenated alkanes) is 2. The first-order chi connectivity index (χ1) is 24.9. The van der Waals surface area contributed by atoms with Crippen LogP contribution in [0.5, 0.6) is 11.5 Å². The summed E-state index contributed by atoms with van der Waals surface area (Å²) in [4.78, 5) is 52.1. The van der Waals surface area contributed by atoms with Crippen LogP contribution in [0.2, 0.25) is 0 Å². The van der Waals surface area contributed by atoms with Gasteiger partial charge in [-0.3, -0.25) is 14.3 Å². The first kappa shape index (κ1) is 49.5. The summed E-state index contributed by atoms with van der Waals surface area (Å²) in [7, 11) is -1.04. The fourth-order valence-electron chi connectivity index (χ4n) is 4.53. The highest BCUT2D eigenvalue weighted by Crippen LogP contribution is 2.22. The van der Waals surface area contributed by atoms with Crippen molar-refractivity contribution in [3.63, 3.8) is 0 Å². The highest BCUT2D eigenvalue weighted by molar-refractivity contribution is 7.85. The summed E-state index contributed by atoms with van der Waals surface area (Å²) in [5.74, 6) is 0.576. The van der Waals surface area contributed by atoms with Crippen LogP contribution in [-0.4, -0.2) is 93.9 Å². The number of ketones is 1. The van der Waals surface area contributed by atoms with E-state index in [4.69, 9.17) is 28.2 Å². The molecule has 3 rings (SSSR count). The maximum Gasteiger partial charge on any atom is 0.408 e. The first-order valence-corrected chi connectivity index (χ1v) is 19.4. The zero-order chi connectivity index (χ0) is 40.0. The lowest BCUT2D eigenvalue weighted by Crippen LogP contribution is -2.44. The number of esters is 2. The maximum absolute atomic E-state index is 12.4. The fraction of sp³-hybridized carbons (Fsp3) is 0.564. The highest BCUT2D eigenvalue weighted by Gasteiger charge is 2.27. The summed E-state index contributed by atoms with van der Waals surface area (Å²) < 4.78 is 51.7. The molecule has 2 N–H and O–H groups in total. The molecule has 1 amide bonds. The second-order valence-electron chi connectivity index (χ2n) is 13.0. The van der Waals surface area contributed by atoms with Gasteiger partial charge < -0.3 is 29.0 Å². The molecule has 1 aliphatic heterocycles. The zero-order valence-corrected chi connectivity index (χ0v) is 33.0. The monoisotopic (exact) mass is 780 g/mol. The molecule has 2 atom stereocenters. The van der Waals surface area contributed by atoms with Crippen molar-refractivity contribution < 1.29 is 55.8 Å². The number of hydrogen-bond acceptors (Lipinski definition) is 12. The molecular formula is C39H60N2O12S. The number of amides is 1. The number of Topliss-reactive ketones (excluding diaryl/α,β-unsaturated/α-hetero) is 1. The molecule has 14 nitrogen and oxygen atoms in total. The summed E-state index contributed by atoms with van der Waals surface area (Å²) in [6, 6.07) is 13.5. The zero-order valence-electron chi connectivity index (χ0n) is 32.1. The molecule has 1 aliphatic rings. The molecule has 0 saturated carbocycles. The summed E-state index contributed by atoms with van der Waals surface area (Å²) in [6.07, 6.45) is 5.93. The number of aliphatic imine (C=N–C) groups is 1. The Morgan fingerprint density at radius 3 is 1.83 bits per heavy atom. The second-order valence-corrected chi connectivity index (χ2v) is 14.5. The molecule has 0 fully saturated rings. The van der Waals surface area contributed by atoms with Crippen LogP contribution in [0.3, 0.4) is 0 Å². The Balaban J connectivity index is 0.000000941. The Morgan fingerprint density at radius 1 is 0.889 bits per heavy atom. The van der Waals surface area contributed by atoms with Crippen LogP contribution < -0.4 is 14.8 Å². The number of rotatable bonds is 16. The van der Waals surface area contributed by atoms with Crippen molar-refractivity contribution in [3.8, 4) is 11.5 Å². The van der Waals surface area contributed by atoms with Gasteiger partial charge >= 0.3 is 18.0 Å². The Bertz CT molecular complexity index is 1560. The van der Waals surface area contributed by atoms with Gasteiger partial charge in [0.05, 0.1) is 33.7 Å². The van der Waals surface area contributed by atoms with Crippen molar-refractivity contribution in [3.05, 3.63) is 59.7 Å². The molecule has 0 spiro atoms. The van der Waals surface area contributed by atoms with Crippen molar-refractivity contribution in [1.82, 2.24) is 5.32 Å². The smallest absolute Gasteiger partial charge is 0.408 e. The lowest BCUT2D eigenvalue weighted by atomic mass is 10.0. The lowest BCUT2D eigenvalue weighted by Gasteiger charge is -2.22. The van der Waals surface area contributed by atoms with Crippen molar-refractivity contribution >= 4 is 39.6 Å². The van der Waals surface area contributed by atoms with Crippen molar-refractivity contribution in [2.45, 2.75) is 111 Å². The number of nitrogens with zero attached hydrogens (tertiary/aromatic N) is 1. The van der Waals surface area contributed by atoms with Crippen molar-refractivity contribution in [2.75, 3.05) is 33.7 Å². The van der Waals surface area contributed by atoms with Gasteiger partial charge in [0.1, 0.15) is 29.2 Å². The minimum absolute atomic E-state index is 0. The minimum atomic E-state index is -3.67. The van der Waals surface area contributed by atoms with Gasteiger partial charge in [-0.25, -0.2) is 14.4 Å². The van der Waals surface area contributed by atoms with E-state index in [-0.39, 0.29) is 38.1 Å². The largest absolute Gasteiger partial charge is 0.494 e. The predicted molar refractivity (Wildman–Crippen MR) is 208 cm³/mol. The molecule has 0 unspecified atom stereocenters. The summed E-state index contributed by atoms with van der Waals surface area (Å²) in [6.45, 7) is 10.8. The third-order valence-corrected chi connectivity index (χ3v) is 7.17. The number of ether oxygens (including phenoxy) is 5. The predicted octanol–water partition coefficient (Wildman–Crippen LogP) is 7.02. The third kappa shape index (κ3) is 21.9. The van der Waals surface area contributed by atoms with Gasteiger partial charge in [-0.2, -0.15) is 8.42 Å². The fourth-order valence-corrected chi connectivity index (χ4v) is 4.53. The molecule has 54 heavy (non-hydrogen) atoms. The molecule has 2 aromatic carbocycles. The van der Waals surface area contributed by atoms with Crippen LogP contribution in [-0.2, 0) is 33.9 Å². The van der Waals surface area contributed by atoms with Crippen molar-refractivity contribution in [2.24, 2.45) is 4.99 Å². The van der Waals surface area contributed by atoms with Gasteiger partial charge in [0.25, 0.3) is 10.1 Å². The number of nitrogens with one attached hydrogen (secondary N) is 1. The van der Waals surface area contributed by atoms with Crippen LogP contribution in [0.15, 0.2) is 53.5 Å². The topological polar surface area (TPSA) is 193 Å². The Morgan fingerprint density at radius 2 is 1.39 bits per heavy atom. The van der Waals surface area contributed by atoms with E-state index in [1.807, 2.05) is 24.3 Å². The number of carbonyl (C=O) groups is 4. The van der Waals surface area contributed by atoms with Gasteiger partial charge in [-0.15, -0.1) is 0 Å². The summed E-state index contributed by atoms with van der Waals surface area (Å²) in [5.41, 5.74) is 1.85. The molecule has 0 radical (unpaired) electrons. The SMILES string of the molecule is C.CCCCOc1ccc(C(=O)CC[C@H](NC(=O)OC(C)(C)C)C(=O)OC)cc1.CCCCOc1ccc(C2=N[C@H](C(=O)OC)CC2)cc1.CS(=O)(=O)O. The molecule has 304 valence electrons. The molecule has 0 aromatic heterocycles. The Labute approximate surface area is 321 Å². The number of methoxy groups -OCH3 is 2. The van der Waals surface area contributed by atoms with Crippen molar-refractivity contribution in [1.29, 1.82) is 0 Å². The molecule has 0 saturated heterocycles. The van der Waals surface area contributed by atoms with Gasteiger partial charge in [-0.1, -0.05) is 34.1 Å². The first-order valence-electron chi connectivity index (χ1n) is 17.5. The van der Waals surface area contributed by atoms with E-state index in [1.165, 1.54) is 14.2 Å². The molecular weight excluding hydrogens is 720 g/mol. The average Bonchev–Trinajstić information content (AvgIpc) is 3.59. The van der Waals surface area contributed by atoms with Crippen LogP contribution >= 0.6 is 0 Å². The molecule has 2 aromatic rings. The van der Waals surface area contributed by atoms with Gasteiger partial charge in [-0.05, 0) is 107 Å². The van der Waals surface area contributed by atoms with Crippen LogP contribution in [0, 0.1) is 0 Å². The van der Waals surface area contributed by atoms with Crippen LogP contribution in [0.4, 0.5) is 4.79 Å². The molecule has 15 heteroatoms. The number of hydrogen-bond donors (Lipinski definition) is 2. The average molecular weight is 781 g/mol. The third-order valence-electron chi connectivity index (χ3n) is 7.17. The standard InChI is InChI=1S/C21H31NO6.C16H21NO3.CH4O3S.CH4/c1-6-7-14-27-16-10-8-15(9-11-16)18(23)13-12-17(19(24)26-5)22-20(25)28-21(2,3)4;1-3-4-11-20-13-7-5-12(6-8-13)14-9-10-15(17-14)16(18)19-2;1-5(2,3)4;/h8-11,17H,6-7,12-14H2,1-5H3,(H,22,25);5-8,15H,3-4,9-11H2,1-2H3;1H3,(H,2,3,4);1H4/t17-;15-;;/m00../s1. The van der Waals surface area contributed by atoms with E-state index in [9.17, 15) is 27.6 Å². The number of carbonyl (C=O) groups excluding carboxylic acids is 4. The van der Waals surface area contributed by atoms with E-state index in [0.717, 1.165) is 62.2 Å². The molecule has 0 aliphatic carbocycles. The van der Waals surface area contributed by atoms with Crippen LogP contribution in [0.1, 0.15) is 109 Å². The Hall–Kier alpha value is -4.50. The number of benzene rings is 2. The van der Waals surface area contributed by atoms with Gasteiger partial charge in [0.2, 0.25) is 0 Å². The van der Waals surface area contributed by atoms with E-state index in [0.29, 0.717) is 24.2 Å². The van der Waals surface area contributed by atoms with Gasteiger partial charge in [0.15, 0.2) is 5.78 Å². The van der Waals surface area contributed by atoms with Crippen LogP contribution in [0.25, 0.3) is 0 Å². The Kier molecular flexibility index (Phi) is 23.4. The molecule has 0 bridgehead atoms. The quantitative estimate of drug-likeness (QED) is 0.0582.